The number of fused-ring (bicyclic) bond motifs is 10. The van der Waals surface area contributed by atoms with Gasteiger partial charge in [0.15, 0.2) is 0 Å². The van der Waals surface area contributed by atoms with E-state index in [1.165, 1.54) is 86.5 Å². The Bertz CT molecular complexity index is 687. The van der Waals surface area contributed by atoms with E-state index in [1.807, 2.05) is 0 Å². The predicted molar refractivity (Wildman–Crippen MR) is 114 cm³/mol. The SMILES string of the molecule is CCCCCCc1c2c(c(CCCCCC)c3c1C1C=CC3O1)C1C=CC2O1. The molecular formula is C26H34O2. The zero-order valence-corrected chi connectivity index (χ0v) is 17.5. The molecule has 2 nitrogen and oxygen atoms in total. The van der Waals surface area contributed by atoms with Crippen molar-refractivity contribution in [1.29, 1.82) is 0 Å². The molecule has 0 amide bonds. The number of rotatable bonds is 10. The quantitative estimate of drug-likeness (QED) is 0.314. The van der Waals surface area contributed by atoms with Crippen LogP contribution in [0.2, 0.25) is 0 Å². The minimum absolute atomic E-state index is 0.184. The largest absolute Gasteiger partial charge is 0.357 e. The van der Waals surface area contributed by atoms with E-state index in [0.717, 1.165) is 0 Å². The highest BCUT2D eigenvalue weighted by atomic mass is 16.5. The normalized spacial score (nSPS) is 27.8. The topological polar surface area (TPSA) is 18.5 Å². The highest BCUT2D eigenvalue weighted by Gasteiger charge is 2.45. The van der Waals surface area contributed by atoms with Gasteiger partial charge in [-0.15, -0.1) is 0 Å². The highest BCUT2D eigenvalue weighted by Crippen LogP contribution is 2.57. The van der Waals surface area contributed by atoms with Crippen LogP contribution in [0, 0.1) is 0 Å². The molecule has 0 saturated carbocycles. The van der Waals surface area contributed by atoms with Crippen molar-refractivity contribution in [3.8, 4) is 0 Å². The first kappa shape index (κ1) is 18.6. The first-order valence-corrected chi connectivity index (χ1v) is 11.7. The van der Waals surface area contributed by atoms with Gasteiger partial charge in [-0.3, -0.25) is 0 Å². The van der Waals surface area contributed by atoms with Crippen molar-refractivity contribution in [3.05, 3.63) is 57.7 Å². The van der Waals surface area contributed by atoms with Gasteiger partial charge in [0.2, 0.25) is 0 Å². The standard InChI is InChI=1S/C26H34O2/c1-3-5-7-9-11-17-23-19-13-15-21(27-19)25(23)18(12-10-8-6-4-2)26-22-16-14-20(28-22)24(17)26/h13-16,19-22H,3-12H2,1-2H3. The summed E-state index contributed by atoms with van der Waals surface area (Å²) in [6, 6.07) is 0. The molecule has 4 atom stereocenters. The molecule has 150 valence electrons. The van der Waals surface area contributed by atoms with E-state index in [4.69, 9.17) is 9.47 Å². The molecule has 0 saturated heterocycles. The Morgan fingerprint density at radius 1 is 0.536 bits per heavy atom. The fourth-order valence-electron chi connectivity index (χ4n) is 5.79. The molecule has 4 aliphatic rings. The number of unbranched alkanes of at least 4 members (excludes halogenated alkanes) is 6. The van der Waals surface area contributed by atoms with E-state index in [2.05, 4.69) is 38.2 Å². The number of hydrogen-bond acceptors (Lipinski definition) is 2. The summed E-state index contributed by atoms with van der Waals surface area (Å²) in [5, 5.41) is 0. The van der Waals surface area contributed by atoms with Gasteiger partial charge in [0, 0.05) is 0 Å². The molecule has 1 aromatic carbocycles. The van der Waals surface area contributed by atoms with Crippen LogP contribution in [0.1, 0.15) is 123 Å². The van der Waals surface area contributed by atoms with E-state index in [-0.39, 0.29) is 24.4 Å². The average molecular weight is 379 g/mol. The van der Waals surface area contributed by atoms with Gasteiger partial charge >= 0.3 is 0 Å². The summed E-state index contributed by atoms with van der Waals surface area (Å²) in [4.78, 5) is 0. The lowest BCUT2D eigenvalue weighted by atomic mass is 9.76. The third kappa shape index (κ3) is 2.92. The van der Waals surface area contributed by atoms with Gasteiger partial charge in [-0.2, -0.15) is 0 Å². The smallest absolute Gasteiger partial charge is 0.103 e. The van der Waals surface area contributed by atoms with Crippen LogP contribution in [0.15, 0.2) is 24.3 Å². The maximum absolute atomic E-state index is 6.38. The third-order valence-electron chi connectivity index (χ3n) is 7.09. The Morgan fingerprint density at radius 3 is 1.21 bits per heavy atom. The van der Waals surface area contributed by atoms with Crippen molar-refractivity contribution in [2.45, 2.75) is 102 Å². The summed E-state index contributed by atoms with van der Waals surface area (Å²) in [7, 11) is 0. The van der Waals surface area contributed by atoms with Crippen molar-refractivity contribution >= 4 is 0 Å². The summed E-state index contributed by atoms with van der Waals surface area (Å²) in [5.41, 5.74) is 9.25. The summed E-state index contributed by atoms with van der Waals surface area (Å²) in [5.74, 6) is 0. The Labute approximate surface area is 170 Å². The Morgan fingerprint density at radius 2 is 0.893 bits per heavy atom. The molecule has 5 rings (SSSR count). The molecule has 1 aromatic rings. The number of ether oxygens (including phenoxy) is 2. The van der Waals surface area contributed by atoms with Crippen LogP contribution in [-0.4, -0.2) is 0 Å². The van der Waals surface area contributed by atoms with Gasteiger partial charge in [-0.25, -0.2) is 0 Å². The van der Waals surface area contributed by atoms with E-state index in [9.17, 15) is 0 Å². The molecule has 28 heavy (non-hydrogen) atoms. The van der Waals surface area contributed by atoms with E-state index in [1.54, 1.807) is 11.1 Å². The fraction of sp³-hybridized carbons (Fsp3) is 0.615. The predicted octanol–water partition coefficient (Wildman–Crippen LogP) is 7.30. The zero-order chi connectivity index (χ0) is 19.1. The number of benzene rings is 1. The first-order chi connectivity index (χ1) is 13.8. The summed E-state index contributed by atoms with van der Waals surface area (Å²) < 4.78 is 12.8. The van der Waals surface area contributed by atoms with Gasteiger partial charge < -0.3 is 9.47 Å². The Kier molecular flexibility index (Phi) is 5.19. The second-order valence-corrected chi connectivity index (χ2v) is 8.96. The lowest BCUT2D eigenvalue weighted by Crippen LogP contribution is -2.13. The second kappa shape index (κ2) is 7.80. The van der Waals surface area contributed by atoms with Crippen molar-refractivity contribution in [1.82, 2.24) is 0 Å². The Balaban J connectivity index is 1.55. The van der Waals surface area contributed by atoms with Gasteiger partial charge in [-0.05, 0) is 59.1 Å². The van der Waals surface area contributed by atoms with Crippen LogP contribution in [-0.2, 0) is 22.3 Å². The van der Waals surface area contributed by atoms with Crippen LogP contribution in [0.3, 0.4) is 0 Å². The second-order valence-electron chi connectivity index (χ2n) is 8.96. The molecule has 0 spiro atoms. The van der Waals surface area contributed by atoms with Crippen molar-refractivity contribution in [3.63, 3.8) is 0 Å². The van der Waals surface area contributed by atoms with Crippen LogP contribution >= 0.6 is 0 Å². The summed E-state index contributed by atoms with van der Waals surface area (Å²) >= 11 is 0. The molecule has 0 aliphatic carbocycles. The first-order valence-electron chi connectivity index (χ1n) is 11.7. The lowest BCUT2D eigenvalue weighted by Gasteiger charge is -2.25. The van der Waals surface area contributed by atoms with Crippen LogP contribution < -0.4 is 0 Å². The van der Waals surface area contributed by atoms with Gasteiger partial charge in [0.25, 0.3) is 0 Å². The van der Waals surface area contributed by atoms with E-state index >= 15 is 0 Å². The molecule has 0 radical (unpaired) electrons. The molecule has 4 unspecified atom stereocenters. The van der Waals surface area contributed by atoms with Crippen molar-refractivity contribution in [2.24, 2.45) is 0 Å². The maximum Gasteiger partial charge on any atom is 0.103 e. The van der Waals surface area contributed by atoms with Crippen LogP contribution in [0.5, 0.6) is 0 Å². The van der Waals surface area contributed by atoms with E-state index < -0.39 is 0 Å². The fourth-order valence-corrected chi connectivity index (χ4v) is 5.79. The molecule has 4 bridgehead atoms. The minimum Gasteiger partial charge on any atom is -0.357 e. The number of hydrogen-bond donors (Lipinski definition) is 0. The van der Waals surface area contributed by atoms with Crippen molar-refractivity contribution < 1.29 is 9.47 Å². The van der Waals surface area contributed by atoms with Crippen LogP contribution in [0.25, 0.3) is 0 Å². The average Bonchev–Trinajstić information content (AvgIpc) is 3.49. The molecule has 0 N–H and O–H groups in total. The molecule has 2 heteroatoms. The molecule has 0 aromatic heterocycles. The third-order valence-corrected chi connectivity index (χ3v) is 7.09. The van der Waals surface area contributed by atoms with Gasteiger partial charge in [0.1, 0.15) is 24.4 Å². The van der Waals surface area contributed by atoms with Gasteiger partial charge in [0.05, 0.1) is 0 Å². The molecule has 4 heterocycles. The Hall–Kier alpha value is -1.38. The monoisotopic (exact) mass is 378 g/mol. The molecular weight excluding hydrogens is 344 g/mol. The summed E-state index contributed by atoms with van der Waals surface area (Å²) in [6.45, 7) is 4.58. The summed E-state index contributed by atoms with van der Waals surface area (Å²) in [6.07, 6.45) is 22.7. The highest BCUT2D eigenvalue weighted by molar-refractivity contribution is 5.63. The van der Waals surface area contributed by atoms with Gasteiger partial charge in [-0.1, -0.05) is 76.7 Å². The molecule has 0 fully saturated rings. The lowest BCUT2D eigenvalue weighted by molar-refractivity contribution is 0.0828. The maximum atomic E-state index is 6.38. The van der Waals surface area contributed by atoms with Crippen LogP contribution in [0.4, 0.5) is 0 Å². The van der Waals surface area contributed by atoms with Crippen molar-refractivity contribution in [2.75, 3.05) is 0 Å². The minimum atomic E-state index is 0.184. The zero-order valence-electron chi connectivity index (χ0n) is 17.5. The molecule has 4 aliphatic heterocycles. The van der Waals surface area contributed by atoms with E-state index in [0.29, 0.717) is 0 Å².